The van der Waals surface area contributed by atoms with Gasteiger partial charge in [0, 0.05) is 24.7 Å². The Kier molecular flexibility index (Phi) is 3.28. The van der Waals surface area contributed by atoms with Crippen LogP contribution in [0.25, 0.3) is 0 Å². The van der Waals surface area contributed by atoms with Gasteiger partial charge >= 0.3 is 6.18 Å². The molecule has 1 aliphatic rings. The third-order valence-corrected chi connectivity index (χ3v) is 2.92. The highest BCUT2D eigenvalue weighted by molar-refractivity contribution is 5.57. The second kappa shape index (κ2) is 4.56. The lowest BCUT2D eigenvalue weighted by Gasteiger charge is -2.22. The fourth-order valence-electron chi connectivity index (χ4n) is 2.27. The first-order valence-electron chi connectivity index (χ1n) is 5.54. The van der Waals surface area contributed by atoms with E-state index in [0.29, 0.717) is 13.1 Å². The molecule has 1 atom stereocenters. The Morgan fingerprint density at radius 1 is 1.35 bits per heavy atom. The summed E-state index contributed by atoms with van der Waals surface area (Å²) in [5.74, 6) is 0.138. The minimum Gasteiger partial charge on any atom is -0.384 e. The van der Waals surface area contributed by atoms with Crippen molar-refractivity contribution in [3.8, 4) is 0 Å². The van der Waals surface area contributed by atoms with E-state index in [1.807, 2.05) is 24.3 Å². The standard InChI is InChI=1S/C12H15F3N2/c1-17(8-12(13,14)15)7-9-6-16-11-5-3-2-4-10(9)11/h2-5,9,16H,6-8H2,1H3. The van der Waals surface area contributed by atoms with E-state index in [1.165, 1.54) is 11.9 Å². The predicted molar refractivity (Wildman–Crippen MR) is 61.2 cm³/mol. The molecule has 1 N–H and O–H groups in total. The Morgan fingerprint density at radius 3 is 2.76 bits per heavy atom. The van der Waals surface area contributed by atoms with Gasteiger partial charge in [-0.3, -0.25) is 4.90 Å². The van der Waals surface area contributed by atoms with Gasteiger partial charge in [0.1, 0.15) is 0 Å². The SMILES string of the molecule is CN(CC1CNc2ccccc21)CC(F)(F)F. The topological polar surface area (TPSA) is 15.3 Å². The number of hydrogen-bond donors (Lipinski definition) is 1. The van der Waals surface area contributed by atoms with Gasteiger partial charge in [0.15, 0.2) is 0 Å². The zero-order valence-corrected chi connectivity index (χ0v) is 9.59. The van der Waals surface area contributed by atoms with Gasteiger partial charge in [-0.25, -0.2) is 0 Å². The molecule has 0 radical (unpaired) electrons. The largest absolute Gasteiger partial charge is 0.401 e. The van der Waals surface area contributed by atoms with Crippen molar-refractivity contribution in [2.24, 2.45) is 0 Å². The van der Waals surface area contributed by atoms with Gasteiger partial charge in [-0.2, -0.15) is 13.2 Å². The Balaban J connectivity index is 1.98. The molecular weight excluding hydrogens is 229 g/mol. The van der Waals surface area contributed by atoms with Crippen LogP contribution < -0.4 is 5.32 Å². The van der Waals surface area contributed by atoms with Crippen molar-refractivity contribution >= 4 is 5.69 Å². The van der Waals surface area contributed by atoms with E-state index < -0.39 is 12.7 Å². The van der Waals surface area contributed by atoms with E-state index in [1.54, 1.807) is 0 Å². The normalized spacial score (nSPS) is 19.2. The number of para-hydroxylation sites is 1. The lowest BCUT2D eigenvalue weighted by atomic mass is 10.0. The van der Waals surface area contributed by atoms with Crippen LogP contribution in [0.4, 0.5) is 18.9 Å². The van der Waals surface area contributed by atoms with Crippen molar-refractivity contribution in [3.63, 3.8) is 0 Å². The van der Waals surface area contributed by atoms with Crippen molar-refractivity contribution in [1.29, 1.82) is 0 Å². The summed E-state index contributed by atoms with van der Waals surface area (Å²) in [6.45, 7) is 0.275. The van der Waals surface area contributed by atoms with Crippen LogP contribution in [0.3, 0.4) is 0 Å². The first kappa shape index (κ1) is 12.2. The van der Waals surface area contributed by atoms with Gasteiger partial charge in [-0.1, -0.05) is 18.2 Å². The Labute approximate surface area is 98.4 Å². The van der Waals surface area contributed by atoms with Crippen LogP contribution in [-0.2, 0) is 0 Å². The smallest absolute Gasteiger partial charge is 0.384 e. The summed E-state index contributed by atoms with van der Waals surface area (Å²) >= 11 is 0. The average Bonchev–Trinajstić information content (AvgIpc) is 2.59. The Bertz CT molecular complexity index is 390. The van der Waals surface area contributed by atoms with Crippen LogP contribution >= 0.6 is 0 Å². The molecule has 0 amide bonds. The molecule has 1 aliphatic heterocycles. The monoisotopic (exact) mass is 244 g/mol. The number of nitrogens with one attached hydrogen (secondary N) is 1. The van der Waals surface area contributed by atoms with Crippen molar-refractivity contribution in [2.45, 2.75) is 12.1 Å². The number of benzene rings is 1. The molecular formula is C12H15F3N2. The van der Waals surface area contributed by atoms with Crippen molar-refractivity contribution in [1.82, 2.24) is 4.90 Å². The van der Waals surface area contributed by atoms with Gasteiger partial charge < -0.3 is 5.32 Å². The highest BCUT2D eigenvalue weighted by Gasteiger charge is 2.31. The molecule has 5 heteroatoms. The zero-order valence-electron chi connectivity index (χ0n) is 9.59. The molecule has 0 saturated heterocycles. The maximum atomic E-state index is 12.2. The van der Waals surface area contributed by atoms with Gasteiger partial charge in [-0.05, 0) is 18.7 Å². The number of nitrogens with zero attached hydrogens (tertiary/aromatic N) is 1. The number of anilines is 1. The number of rotatable bonds is 3. The summed E-state index contributed by atoms with van der Waals surface area (Å²) in [4.78, 5) is 1.33. The molecule has 1 unspecified atom stereocenters. The second-order valence-corrected chi connectivity index (χ2v) is 4.48. The third kappa shape index (κ3) is 3.12. The molecule has 17 heavy (non-hydrogen) atoms. The number of halogens is 3. The van der Waals surface area contributed by atoms with Crippen LogP contribution in [0, 0.1) is 0 Å². The van der Waals surface area contributed by atoms with E-state index in [9.17, 15) is 13.2 Å². The van der Waals surface area contributed by atoms with Gasteiger partial charge in [0.2, 0.25) is 0 Å². The first-order valence-corrected chi connectivity index (χ1v) is 5.54. The van der Waals surface area contributed by atoms with Gasteiger partial charge in [-0.15, -0.1) is 0 Å². The Morgan fingerprint density at radius 2 is 2.06 bits per heavy atom. The average molecular weight is 244 g/mol. The summed E-state index contributed by atoms with van der Waals surface area (Å²) < 4.78 is 36.7. The fourth-order valence-corrected chi connectivity index (χ4v) is 2.27. The summed E-state index contributed by atoms with van der Waals surface area (Å²) in [7, 11) is 1.51. The first-order chi connectivity index (χ1) is 7.96. The van der Waals surface area contributed by atoms with Crippen LogP contribution in [-0.4, -0.2) is 37.8 Å². The van der Waals surface area contributed by atoms with E-state index in [-0.39, 0.29) is 5.92 Å². The molecule has 0 spiro atoms. The summed E-state index contributed by atoms with van der Waals surface area (Å²) in [5, 5.41) is 3.21. The van der Waals surface area contributed by atoms with Crippen molar-refractivity contribution in [3.05, 3.63) is 29.8 Å². The van der Waals surface area contributed by atoms with E-state index >= 15 is 0 Å². The van der Waals surface area contributed by atoms with Crippen LogP contribution in [0.1, 0.15) is 11.5 Å². The summed E-state index contributed by atoms with van der Waals surface area (Å²) in [6.07, 6.45) is -4.12. The number of fused-ring (bicyclic) bond motifs is 1. The molecule has 94 valence electrons. The third-order valence-electron chi connectivity index (χ3n) is 2.92. The number of alkyl halides is 3. The second-order valence-electron chi connectivity index (χ2n) is 4.48. The number of hydrogen-bond acceptors (Lipinski definition) is 2. The van der Waals surface area contributed by atoms with Gasteiger partial charge in [0.05, 0.1) is 6.54 Å². The highest BCUT2D eigenvalue weighted by atomic mass is 19.4. The van der Waals surface area contributed by atoms with E-state index in [2.05, 4.69) is 5.32 Å². The molecule has 1 aromatic carbocycles. The minimum absolute atomic E-state index is 0.138. The van der Waals surface area contributed by atoms with Crippen LogP contribution in [0.5, 0.6) is 0 Å². The van der Waals surface area contributed by atoms with Crippen LogP contribution in [0.2, 0.25) is 0 Å². The lowest BCUT2D eigenvalue weighted by Crippen LogP contribution is -2.34. The maximum absolute atomic E-state index is 12.2. The molecule has 0 aliphatic carbocycles. The van der Waals surface area contributed by atoms with Crippen LogP contribution in [0.15, 0.2) is 24.3 Å². The molecule has 0 saturated carbocycles. The maximum Gasteiger partial charge on any atom is 0.401 e. The summed E-state index contributed by atoms with van der Waals surface area (Å²) in [5.41, 5.74) is 2.15. The minimum atomic E-state index is -4.12. The molecule has 0 bridgehead atoms. The predicted octanol–water partition coefficient (Wildman–Crippen LogP) is 2.69. The van der Waals surface area contributed by atoms with Crippen molar-refractivity contribution in [2.75, 3.05) is 32.0 Å². The zero-order chi connectivity index (χ0) is 12.5. The number of likely N-dealkylation sites (N-methyl/N-ethyl adjacent to an activating group) is 1. The molecule has 2 rings (SSSR count). The van der Waals surface area contributed by atoms with Gasteiger partial charge in [0.25, 0.3) is 0 Å². The molecule has 0 fully saturated rings. The van der Waals surface area contributed by atoms with E-state index in [4.69, 9.17) is 0 Å². The molecule has 2 nitrogen and oxygen atoms in total. The van der Waals surface area contributed by atoms with E-state index in [0.717, 1.165) is 11.3 Å². The lowest BCUT2D eigenvalue weighted by molar-refractivity contribution is -0.143. The molecule has 1 aromatic rings. The molecule has 1 heterocycles. The highest BCUT2D eigenvalue weighted by Crippen LogP contribution is 2.31. The quantitative estimate of drug-likeness (QED) is 0.879. The summed E-state index contributed by atoms with van der Waals surface area (Å²) in [6, 6.07) is 7.77. The van der Waals surface area contributed by atoms with Crippen molar-refractivity contribution < 1.29 is 13.2 Å². The molecule has 0 aromatic heterocycles. The fraction of sp³-hybridized carbons (Fsp3) is 0.500. The Hall–Kier alpha value is -1.23.